The van der Waals surface area contributed by atoms with Gasteiger partial charge in [-0.25, -0.2) is 8.78 Å². The van der Waals surface area contributed by atoms with Gasteiger partial charge in [-0.3, -0.25) is 4.79 Å². The standard InChI is InChI=1S/C27H18F2N2O3/c28-22-12-13-24(26(29)25(22)27(30)32)33-15-19-14-23(31-34-19)18-10-8-17(9-11-18)21-7-3-5-16-4-1-2-6-20(16)21/h1-14H,15H2,(H2,30,32). The second-order valence-corrected chi connectivity index (χ2v) is 7.67. The van der Waals surface area contributed by atoms with Crippen LogP contribution in [0, 0.1) is 11.6 Å². The normalized spacial score (nSPS) is 11.0. The number of rotatable bonds is 6. The van der Waals surface area contributed by atoms with Crippen molar-refractivity contribution in [2.75, 3.05) is 0 Å². The van der Waals surface area contributed by atoms with Crippen LogP contribution in [0.15, 0.2) is 89.5 Å². The SMILES string of the molecule is NC(=O)c1c(F)ccc(OCc2cc(-c3ccc(-c4cccc5ccccc45)cc3)no2)c1F. The number of amides is 1. The third-order valence-corrected chi connectivity index (χ3v) is 5.51. The fourth-order valence-corrected chi connectivity index (χ4v) is 3.83. The molecule has 5 nitrogen and oxygen atoms in total. The fourth-order valence-electron chi connectivity index (χ4n) is 3.83. The number of primary amides is 1. The van der Waals surface area contributed by atoms with Gasteiger partial charge >= 0.3 is 0 Å². The topological polar surface area (TPSA) is 78.4 Å². The summed E-state index contributed by atoms with van der Waals surface area (Å²) in [6.07, 6.45) is 0. The first-order valence-corrected chi connectivity index (χ1v) is 10.5. The zero-order chi connectivity index (χ0) is 23.7. The van der Waals surface area contributed by atoms with E-state index in [2.05, 4.69) is 29.4 Å². The molecule has 1 aromatic heterocycles. The lowest BCUT2D eigenvalue weighted by Gasteiger charge is -2.08. The summed E-state index contributed by atoms with van der Waals surface area (Å²) in [7, 11) is 0. The largest absolute Gasteiger partial charge is 0.482 e. The Morgan fingerprint density at radius 1 is 0.912 bits per heavy atom. The van der Waals surface area contributed by atoms with Crippen LogP contribution in [0.25, 0.3) is 33.2 Å². The summed E-state index contributed by atoms with van der Waals surface area (Å²) in [6, 6.07) is 26.0. The van der Waals surface area contributed by atoms with Crippen LogP contribution in [0.2, 0.25) is 0 Å². The molecule has 1 amide bonds. The number of ether oxygens (including phenoxy) is 1. The Kier molecular flexibility index (Phi) is 5.51. The molecule has 5 rings (SSSR count). The summed E-state index contributed by atoms with van der Waals surface area (Å²) in [4.78, 5) is 11.3. The molecule has 2 N–H and O–H groups in total. The van der Waals surface area contributed by atoms with E-state index in [1.54, 1.807) is 6.07 Å². The Morgan fingerprint density at radius 2 is 1.65 bits per heavy atom. The zero-order valence-corrected chi connectivity index (χ0v) is 17.8. The van der Waals surface area contributed by atoms with Gasteiger partial charge in [0.15, 0.2) is 17.3 Å². The molecule has 7 heteroatoms. The van der Waals surface area contributed by atoms with Crippen molar-refractivity contribution in [3.8, 4) is 28.1 Å². The van der Waals surface area contributed by atoms with Gasteiger partial charge in [-0.15, -0.1) is 0 Å². The summed E-state index contributed by atoms with van der Waals surface area (Å²) in [5.41, 5.74) is 7.81. The maximum atomic E-state index is 14.3. The van der Waals surface area contributed by atoms with Crippen LogP contribution in [-0.2, 0) is 6.61 Å². The van der Waals surface area contributed by atoms with Crippen LogP contribution >= 0.6 is 0 Å². The maximum Gasteiger partial charge on any atom is 0.254 e. The number of benzene rings is 4. The number of carbonyl (C=O) groups excluding carboxylic acids is 1. The van der Waals surface area contributed by atoms with E-state index < -0.39 is 23.1 Å². The molecule has 0 aliphatic carbocycles. The van der Waals surface area contributed by atoms with Gasteiger partial charge < -0.3 is 15.0 Å². The molecule has 0 atom stereocenters. The van der Waals surface area contributed by atoms with Gasteiger partial charge in [0.2, 0.25) is 0 Å². The molecular formula is C27H18F2N2O3. The van der Waals surface area contributed by atoms with Gasteiger partial charge in [-0.1, -0.05) is 71.9 Å². The number of hydrogen-bond donors (Lipinski definition) is 1. The van der Waals surface area contributed by atoms with E-state index in [9.17, 15) is 13.6 Å². The molecule has 4 aromatic carbocycles. The van der Waals surface area contributed by atoms with Crippen molar-refractivity contribution in [1.29, 1.82) is 0 Å². The smallest absolute Gasteiger partial charge is 0.254 e. The molecule has 1 heterocycles. The molecule has 0 saturated carbocycles. The van der Waals surface area contributed by atoms with Crippen molar-refractivity contribution in [1.82, 2.24) is 5.16 Å². The molecule has 0 saturated heterocycles. The number of halogens is 2. The Hall–Kier alpha value is -4.52. The van der Waals surface area contributed by atoms with Gasteiger partial charge in [-0.2, -0.15) is 0 Å². The van der Waals surface area contributed by atoms with Crippen LogP contribution in [-0.4, -0.2) is 11.1 Å². The van der Waals surface area contributed by atoms with E-state index in [1.165, 1.54) is 10.8 Å². The highest BCUT2D eigenvalue weighted by molar-refractivity contribution is 5.96. The van der Waals surface area contributed by atoms with E-state index in [0.717, 1.165) is 28.8 Å². The number of carbonyl (C=O) groups is 1. The average molecular weight is 456 g/mol. The van der Waals surface area contributed by atoms with Crippen LogP contribution in [0.4, 0.5) is 8.78 Å². The minimum absolute atomic E-state index is 0.165. The number of fused-ring (bicyclic) bond motifs is 1. The molecule has 0 radical (unpaired) electrons. The first-order chi connectivity index (χ1) is 16.5. The van der Waals surface area contributed by atoms with E-state index >= 15 is 0 Å². The van der Waals surface area contributed by atoms with E-state index in [1.807, 2.05) is 42.5 Å². The van der Waals surface area contributed by atoms with Crippen LogP contribution in [0.5, 0.6) is 5.75 Å². The van der Waals surface area contributed by atoms with Crippen molar-refractivity contribution in [3.05, 3.63) is 108 Å². The highest BCUT2D eigenvalue weighted by Gasteiger charge is 2.19. The average Bonchev–Trinajstić information content (AvgIpc) is 3.32. The van der Waals surface area contributed by atoms with Crippen molar-refractivity contribution in [2.45, 2.75) is 6.61 Å². The fraction of sp³-hybridized carbons (Fsp3) is 0.0370. The molecule has 168 valence electrons. The Morgan fingerprint density at radius 3 is 2.44 bits per heavy atom. The molecule has 0 bridgehead atoms. The zero-order valence-electron chi connectivity index (χ0n) is 17.8. The molecule has 0 fully saturated rings. The van der Waals surface area contributed by atoms with E-state index in [-0.39, 0.29) is 12.4 Å². The van der Waals surface area contributed by atoms with Crippen molar-refractivity contribution < 1.29 is 22.8 Å². The second kappa shape index (κ2) is 8.78. The molecule has 34 heavy (non-hydrogen) atoms. The monoisotopic (exact) mass is 456 g/mol. The maximum absolute atomic E-state index is 14.3. The number of hydrogen-bond acceptors (Lipinski definition) is 4. The van der Waals surface area contributed by atoms with Gasteiger partial charge in [0.25, 0.3) is 5.91 Å². The highest BCUT2D eigenvalue weighted by atomic mass is 19.1. The van der Waals surface area contributed by atoms with Gasteiger partial charge in [0, 0.05) is 11.6 Å². The van der Waals surface area contributed by atoms with Crippen molar-refractivity contribution in [2.24, 2.45) is 5.73 Å². The molecular weight excluding hydrogens is 438 g/mol. The number of nitrogens with zero attached hydrogens (tertiary/aromatic N) is 1. The second-order valence-electron chi connectivity index (χ2n) is 7.67. The van der Waals surface area contributed by atoms with Crippen molar-refractivity contribution >= 4 is 16.7 Å². The lowest BCUT2D eigenvalue weighted by Crippen LogP contribution is -2.16. The molecule has 0 aliphatic rings. The minimum Gasteiger partial charge on any atom is -0.482 e. The Balaban J connectivity index is 1.34. The summed E-state index contributed by atoms with van der Waals surface area (Å²) in [5, 5.41) is 6.39. The lowest BCUT2D eigenvalue weighted by molar-refractivity contribution is 0.0991. The van der Waals surface area contributed by atoms with E-state index in [0.29, 0.717) is 11.5 Å². The van der Waals surface area contributed by atoms with Crippen LogP contribution in [0.3, 0.4) is 0 Å². The number of aromatic nitrogens is 1. The third-order valence-electron chi connectivity index (χ3n) is 5.51. The Bertz CT molecular complexity index is 1510. The summed E-state index contributed by atoms with van der Waals surface area (Å²) in [6.45, 7) is -0.165. The molecule has 0 aliphatic heterocycles. The predicted octanol–water partition coefficient (Wildman–Crippen LogP) is 6.12. The summed E-state index contributed by atoms with van der Waals surface area (Å²) >= 11 is 0. The van der Waals surface area contributed by atoms with Gasteiger partial charge in [-0.05, 0) is 34.0 Å². The quantitative estimate of drug-likeness (QED) is 0.334. The number of nitrogens with two attached hydrogens (primary N) is 1. The van der Waals surface area contributed by atoms with Crippen LogP contribution in [0.1, 0.15) is 16.1 Å². The van der Waals surface area contributed by atoms with Crippen LogP contribution < -0.4 is 10.5 Å². The van der Waals surface area contributed by atoms with Crippen molar-refractivity contribution in [3.63, 3.8) is 0 Å². The first-order valence-electron chi connectivity index (χ1n) is 10.5. The Labute approximate surface area is 193 Å². The molecule has 0 unspecified atom stereocenters. The first kappa shape index (κ1) is 21.3. The third kappa shape index (κ3) is 3.99. The lowest BCUT2D eigenvalue weighted by atomic mass is 9.97. The molecule has 0 spiro atoms. The summed E-state index contributed by atoms with van der Waals surface area (Å²) < 4.78 is 38.6. The van der Waals surface area contributed by atoms with E-state index in [4.69, 9.17) is 15.0 Å². The predicted molar refractivity (Wildman–Crippen MR) is 124 cm³/mol. The highest BCUT2D eigenvalue weighted by Crippen LogP contribution is 2.31. The van der Waals surface area contributed by atoms with Gasteiger partial charge in [0.1, 0.15) is 23.7 Å². The molecule has 5 aromatic rings. The minimum atomic E-state index is -1.21. The van der Waals surface area contributed by atoms with Gasteiger partial charge in [0.05, 0.1) is 0 Å². The summed E-state index contributed by atoms with van der Waals surface area (Å²) in [5.74, 6) is -3.40.